The van der Waals surface area contributed by atoms with Gasteiger partial charge in [0.05, 0.1) is 6.10 Å². The van der Waals surface area contributed by atoms with Crippen molar-refractivity contribution in [3.63, 3.8) is 0 Å². The molecule has 0 amide bonds. The number of ketones is 1. The third-order valence-corrected chi connectivity index (χ3v) is 6.34. The van der Waals surface area contributed by atoms with Crippen molar-refractivity contribution in [1.29, 1.82) is 0 Å². The molecule has 1 saturated carbocycles. The lowest BCUT2D eigenvalue weighted by Gasteiger charge is -2.29. The highest BCUT2D eigenvalue weighted by molar-refractivity contribution is 5.82. The molecule has 0 radical (unpaired) electrons. The average Bonchev–Trinajstić information content (AvgIpc) is 2.78. The van der Waals surface area contributed by atoms with Crippen molar-refractivity contribution < 1.29 is 9.53 Å². The molecule has 0 N–H and O–H groups in total. The number of hydrogen-bond acceptors (Lipinski definition) is 3. The van der Waals surface area contributed by atoms with Crippen LogP contribution in [0.1, 0.15) is 56.6 Å². The first-order valence-corrected chi connectivity index (χ1v) is 11.2. The zero-order valence-corrected chi connectivity index (χ0v) is 17.8. The first kappa shape index (κ1) is 20.6. The van der Waals surface area contributed by atoms with Crippen LogP contribution < -0.4 is 4.74 Å². The Kier molecular flexibility index (Phi) is 6.78. The Morgan fingerprint density at radius 3 is 2.40 bits per heavy atom. The van der Waals surface area contributed by atoms with Crippen LogP contribution in [0.3, 0.4) is 0 Å². The molecule has 1 aliphatic rings. The van der Waals surface area contributed by atoms with E-state index in [0.717, 1.165) is 42.7 Å². The maximum absolute atomic E-state index is 11.1. The fourth-order valence-corrected chi connectivity index (χ4v) is 4.43. The van der Waals surface area contributed by atoms with Gasteiger partial charge in [0.1, 0.15) is 11.5 Å². The van der Waals surface area contributed by atoms with Crippen LogP contribution >= 0.6 is 0 Å². The van der Waals surface area contributed by atoms with Gasteiger partial charge in [-0.1, -0.05) is 24.3 Å². The van der Waals surface area contributed by atoms with E-state index in [1.165, 1.54) is 35.8 Å². The van der Waals surface area contributed by atoms with Crippen molar-refractivity contribution in [2.75, 3.05) is 0 Å². The number of carbonyl (C=O) groups excluding carboxylic acids is 1. The predicted octanol–water partition coefficient (Wildman–Crippen LogP) is 6.33. The molecule has 30 heavy (non-hydrogen) atoms. The van der Waals surface area contributed by atoms with Crippen LogP contribution in [0, 0.1) is 5.92 Å². The molecule has 2 aromatic carbocycles. The number of carbonyl (C=O) groups is 1. The average molecular weight is 402 g/mol. The van der Waals surface area contributed by atoms with Gasteiger partial charge in [0, 0.05) is 24.2 Å². The molecule has 1 fully saturated rings. The summed E-state index contributed by atoms with van der Waals surface area (Å²) >= 11 is 0. The van der Waals surface area contributed by atoms with E-state index in [0.29, 0.717) is 12.5 Å². The third kappa shape index (κ3) is 5.69. The summed E-state index contributed by atoms with van der Waals surface area (Å²) in [6.45, 7) is 1.66. The number of ether oxygens (including phenoxy) is 1. The minimum absolute atomic E-state index is 0.261. The fraction of sp³-hybridized carbons (Fsp3) is 0.407. The van der Waals surface area contributed by atoms with Crippen molar-refractivity contribution in [3.8, 4) is 5.75 Å². The van der Waals surface area contributed by atoms with E-state index in [1.54, 1.807) is 6.92 Å². The number of aromatic nitrogens is 1. The molecule has 3 nitrogen and oxygen atoms in total. The van der Waals surface area contributed by atoms with E-state index in [2.05, 4.69) is 47.4 Å². The molecule has 4 rings (SSSR count). The Labute approximate surface area is 179 Å². The smallest absolute Gasteiger partial charge is 0.130 e. The first-order valence-electron chi connectivity index (χ1n) is 11.2. The fourth-order valence-electron chi connectivity index (χ4n) is 4.43. The van der Waals surface area contributed by atoms with Crippen LogP contribution in [0.5, 0.6) is 5.75 Å². The Bertz CT molecular complexity index is 972. The molecule has 0 spiro atoms. The van der Waals surface area contributed by atoms with E-state index in [9.17, 15) is 4.79 Å². The SMILES string of the molecule is CC(=O)CCc1ccc(CCC2CCC(Oc3ccc4cnccc4c3)CC2)cc1. The number of fused-ring (bicyclic) bond motifs is 1. The highest BCUT2D eigenvalue weighted by Crippen LogP contribution is 2.31. The number of nitrogens with zero attached hydrogens (tertiary/aromatic N) is 1. The van der Waals surface area contributed by atoms with Gasteiger partial charge < -0.3 is 9.53 Å². The summed E-state index contributed by atoms with van der Waals surface area (Å²) in [5, 5.41) is 2.34. The standard InChI is InChI=1S/C27H31NO2/c1-20(29)2-3-21-4-6-22(7-5-21)8-9-23-10-13-26(14-11-23)30-27-15-12-25-19-28-17-16-24(25)18-27/h4-7,12,15-19,23,26H,2-3,8-11,13-14H2,1H3. The molecular formula is C27H31NO2. The Morgan fingerprint density at radius 1 is 0.933 bits per heavy atom. The molecular weight excluding hydrogens is 370 g/mol. The van der Waals surface area contributed by atoms with E-state index in [4.69, 9.17) is 4.74 Å². The van der Waals surface area contributed by atoms with E-state index in [1.807, 2.05) is 18.5 Å². The second kappa shape index (κ2) is 9.88. The van der Waals surface area contributed by atoms with Gasteiger partial charge in [0.25, 0.3) is 0 Å². The van der Waals surface area contributed by atoms with Crippen LogP contribution in [-0.4, -0.2) is 16.9 Å². The minimum Gasteiger partial charge on any atom is -0.490 e. The summed E-state index contributed by atoms with van der Waals surface area (Å²) in [7, 11) is 0. The lowest BCUT2D eigenvalue weighted by molar-refractivity contribution is -0.116. The second-order valence-corrected chi connectivity index (χ2v) is 8.70. The van der Waals surface area contributed by atoms with E-state index in [-0.39, 0.29) is 5.78 Å². The summed E-state index contributed by atoms with van der Waals surface area (Å²) < 4.78 is 6.28. The number of benzene rings is 2. The van der Waals surface area contributed by atoms with Gasteiger partial charge in [-0.3, -0.25) is 4.98 Å². The normalized spacial score (nSPS) is 19.0. The molecule has 0 aliphatic heterocycles. The van der Waals surface area contributed by atoms with Crippen molar-refractivity contribution >= 4 is 16.6 Å². The number of hydrogen-bond donors (Lipinski definition) is 0. The summed E-state index contributed by atoms with van der Waals surface area (Å²) in [6.07, 6.45) is 12.7. The molecule has 0 atom stereocenters. The largest absolute Gasteiger partial charge is 0.490 e. The molecule has 0 bridgehead atoms. The molecule has 1 aliphatic carbocycles. The zero-order chi connectivity index (χ0) is 20.8. The lowest BCUT2D eigenvalue weighted by atomic mass is 9.83. The molecule has 156 valence electrons. The Balaban J connectivity index is 1.21. The maximum atomic E-state index is 11.1. The quantitative estimate of drug-likeness (QED) is 0.443. The molecule has 3 aromatic rings. The maximum Gasteiger partial charge on any atom is 0.130 e. The summed E-state index contributed by atoms with van der Waals surface area (Å²) in [6, 6.07) is 17.2. The lowest BCUT2D eigenvalue weighted by Crippen LogP contribution is -2.24. The summed E-state index contributed by atoms with van der Waals surface area (Å²) in [5.74, 6) is 2.03. The predicted molar refractivity (Wildman–Crippen MR) is 122 cm³/mol. The molecule has 1 aromatic heterocycles. The van der Waals surface area contributed by atoms with Gasteiger partial charge in [0.2, 0.25) is 0 Å². The van der Waals surface area contributed by atoms with Gasteiger partial charge in [-0.15, -0.1) is 0 Å². The van der Waals surface area contributed by atoms with Crippen LogP contribution in [0.4, 0.5) is 0 Å². The van der Waals surface area contributed by atoms with Crippen molar-refractivity contribution in [3.05, 3.63) is 72.1 Å². The molecule has 1 heterocycles. The summed E-state index contributed by atoms with van der Waals surface area (Å²) in [5.41, 5.74) is 2.67. The van der Waals surface area contributed by atoms with Gasteiger partial charge in [0.15, 0.2) is 0 Å². The topological polar surface area (TPSA) is 39.2 Å². The molecule has 3 heteroatoms. The van der Waals surface area contributed by atoms with Gasteiger partial charge in [-0.25, -0.2) is 0 Å². The Morgan fingerprint density at radius 2 is 1.67 bits per heavy atom. The number of aryl methyl sites for hydroxylation is 2. The van der Waals surface area contributed by atoms with Gasteiger partial charge in [-0.2, -0.15) is 0 Å². The van der Waals surface area contributed by atoms with Crippen LogP contribution in [-0.2, 0) is 17.6 Å². The number of pyridine rings is 1. The first-order chi connectivity index (χ1) is 14.7. The monoisotopic (exact) mass is 401 g/mol. The van der Waals surface area contributed by atoms with Crippen LogP contribution in [0.2, 0.25) is 0 Å². The number of rotatable bonds is 8. The third-order valence-electron chi connectivity index (χ3n) is 6.34. The second-order valence-electron chi connectivity index (χ2n) is 8.70. The van der Waals surface area contributed by atoms with Crippen molar-refractivity contribution in [1.82, 2.24) is 4.98 Å². The van der Waals surface area contributed by atoms with Gasteiger partial charge >= 0.3 is 0 Å². The van der Waals surface area contributed by atoms with E-state index >= 15 is 0 Å². The highest BCUT2D eigenvalue weighted by Gasteiger charge is 2.22. The molecule has 0 saturated heterocycles. The highest BCUT2D eigenvalue weighted by atomic mass is 16.5. The minimum atomic E-state index is 0.261. The van der Waals surface area contributed by atoms with Crippen LogP contribution in [0.25, 0.3) is 10.8 Å². The van der Waals surface area contributed by atoms with Crippen molar-refractivity contribution in [2.45, 2.75) is 64.4 Å². The van der Waals surface area contributed by atoms with Gasteiger partial charge in [-0.05, 0) is 98.6 Å². The number of Topliss-reactive ketones (excluding diaryl/α,β-unsaturated/α-hetero) is 1. The van der Waals surface area contributed by atoms with E-state index < -0.39 is 0 Å². The molecule has 0 unspecified atom stereocenters. The summed E-state index contributed by atoms with van der Waals surface area (Å²) in [4.78, 5) is 15.3. The zero-order valence-electron chi connectivity index (χ0n) is 17.8. The van der Waals surface area contributed by atoms with Crippen molar-refractivity contribution in [2.24, 2.45) is 5.92 Å². The Hall–Kier alpha value is -2.68. The van der Waals surface area contributed by atoms with Crippen LogP contribution in [0.15, 0.2) is 60.9 Å².